The Labute approximate surface area is 285 Å². The van der Waals surface area contributed by atoms with Gasteiger partial charge < -0.3 is 19.3 Å². The van der Waals surface area contributed by atoms with Gasteiger partial charge in [0.05, 0.1) is 17.6 Å². The molecule has 0 amide bonds. The summed E-state index contributed by atoms with van der Waals surface area (Å²) in [5.41, 5.74) is 6.19. The summed E-state index contributed by atoms with van der Waals surface area (Å²) in [6.07, 6.45) is 1.94. The Morgan fingerprint density at radius 1 is 0.729 bits per heavy atom. The van der Waals surface area contributed by atoms with Gasteiger partial charge in [0.2, 0.25) is 10.0 Å². The summed E-state index contributed by atoms with van der Waals surface area (Å²) in [5, 5.41) is 0. The zero-order valence-electron chi connectivity index (χ0n) is 28.9. The van der Waals surface area contributed by atoms with Crippen LogP contribution < -0.4 is 14.5 Å². The lowest BCUT2D eigenvalue weighted by molar-refractivity contribution is 0.0599. The molecule has 0 aromatic heterocycles. The molecule has 0 bridgehead atoms. The number of fused-ring (bicyclic) bond motifs is 2. The van der Waals surface area contributed by atoms with Crippen LogP contribution in [0.1, 0.15) is 80.4 Å². The van der Waals surface area contributed by atoms with E-state index in [1.165, 1.54) is 11.4 Å². The predicted octanol–water partition coefficient (Wildman–Crippen LogP) is 8.57. The van der Waals surface area contributed by atoms with Gasteiger partial charge in [0.25, 0.3) is 0 Å². The summed E-state index contributed by atoms with van der Waals surface area (Å²) in [6.45, 7) is 13.4. The Balaban J connectivity index is 1.64. The fourth-order valence-electron chi connectivity index (χ4n) is 6.56. The van der Waals surface area contributed by atoms with Crippen molar-refractivity contribution in [2.24, 2.45) is 0 Å². The zero-order chi connectivity index (χ0) is 34.4. The van der Waals surface area contributed by atoms with E-state index in [1.807, 2.05) is 56.3 Å². The monoisotopic (exact) mass is 669 g/mol. The van der Waals surface area contributed by atoms with E-state index in [2.05, 4.69) is 60.9 Å². The third-order valence-corrected chi connectivity index (χ3v) is 11.2. The average Bonchev–Trinajstić information content (AvgIpc) is 3.11. The molecule has 0 fully saturated rings. The van der Waals surface area contributed by atoms with Crippen molar-refractivity contribution in [3.05, 3.63) is 107 Å². The van der Waals surface area contributed by atoms with Crippen LogP contribution in [-0.2, 0) is 14.8 Å². The molecule has 4 aromatic rings. The molecule has 0 spiro atoms. The summed E-state index contributed by atoms with van der Waals surface area (Å²) < 4.78 is 39.7. The third-order valence-electron chi connectivity index (χ3n) is 9.18. The summed E-state index contributed by atoms with van der Waals surface area (Å²) in [7, 11) is -2.17. The molecule has 1 heterocycles. The van der Waals surface area contributed by atoms with Crippen molar-refractivity contribution in [2.75, 3.05) is 49.6 Å². The van der Waals surface area contributed by atoms with Crippen LogP contribution in [0.2, 0.25) is 0 Å². The van der Waals surface area contributed by atoms with Crippen LogP contribution in [0.3, 0.4) is 0 Å². The normalized spacial score (nSPS) is 13.8. The summed E-state index contributed by atoms with van der Waals surface area (Å²) in [6, 6.07) is 27.3. The van der Waals surface area contributed by atoms with Crippen molar-refractivity contribution in [3.63, 3.8) is 0 Å². The van der Waals surface area contributed by atoms with Gasteiger partial charge in [-0.15, -0.1) is 0 Å². The third kappa shape index (κ3) is 6.80. The minimum Gasteiger partial charge on any atom is -0.465 e. The maximum Gasteiger partial charge on any atom is 0.338 e. The second-order valence-electron chi connectivity index (χ2n) is 11.8. The smallest absolute Gasteiger partial charge is 0.338 e. The van der Waals surface area contributed by atoms with Gasteiger partial charge >= 0.3 is 5.97 Å². The molecule has 48 heavy (non-hydrogen) atoms. The quantitative estimate of drug-likeness (QED) is 0.110. The fourth-order valence-corrected chi connectivity index (χ4v) is 8.02. The number of methoxy groups -OCH3 is 1. The number of hydrogen-bond donors (Lipinski definition) is 0. The maximum atomic E-state index is 13.2. The number of nitrogens with zero attached hydrogens (tertiary/aromatic N) is 3. The first kappa shape index (κ1) is 35.0. The number of rotatable bonds is 14. The lowest BCUT2D eigenvalue weighted by Gasteiger charge is -2.33. The number of carbonyl (C=O) groups excluding carboxylic acids is 1. The van der Waals surface area contributed by atoms with Gasteiger partial charge in [-0.05, 0) is 80.4 Å². The van der Waals surface area contributed by atoms with Crippen molar-refractivity contribution in [2.45, 2.75) is 58.3 Å². The zero-order valence-corrected chi connectivity index (χ0v) is 29.7. The van der Waals surface area contributed by atoms with E-state index in [0.29, 0.717) is 18.7 Å². The van der Waals surface area contributed by atoms with E-state index >= 15 is 0 Å². The number of esters is 1. The number of ether oxygens (including phenoxy) is 2. The van der Waals surface area contributed by atoms with E-state index in [9.17, 15) is 13.2 Å². The topological polar surface area (TPSA) is 79.4 Å². The molecule has 1 aliphatic heterocycles. The molecule has 0 saturated carbocycles. The molecular weight excluding hydrogens is 623 g/mol. The molecule has 254 valence electrons. The minimum atomic E-state index is -3.57. The van der Waals surface area contributed by atoms with E-state index in [-0.39, 0.29) is 16.8 Å². The van der Waals surface area contributed by atoms with Gasteiger partial charge in [-0.1, -0.05) is 51.5 Å². The molecule has 8 nitrogen and oxygen atoms in total. The van der Waals surface area contributed by atoms with Crippen LogP contribution in [0.5, 0.6) is 11.5 Å². The van der Waals surface area contributed by atoms with Gasteiger partial charge in [-0.2, -0.15) is 4.31 Å². The lowest BCUT2D eigenvalue weighted by Crippen LogP contribution is -2.30. The van der Waals surface area contributed by atoms with Crippen LogP contribution in [0.25, 0.3) is 0 Å². The summed E-state index contributed by atoms with van der Waals surface area (Å²) in [4.78, 5) is 17.9. The van der Waals surface area contributed by atoms with Gasteiger partial charge in [0.15, 0.2) is 0 Å². The highest BCUT2D eigenvalue weighted by molar-refractivity contribution is 7.89. The minimum absolute atomic E-state index is 0.282. The van der Waals surface area contributed by atoms with Crippen LogP contribution >= 0.6 is 0 Å². The Kier molecular flexibility index (Phi) is 11.1. The SMILES string of the molecule is CCCCN(c1ccc(S(=O)(=O)N(CC)CC)cc1)c1ccc2c(c1)C(c1ccccc1C(=O)OC)c1ccc(N(CC)CC)cc1O2. The highest BCUT2D eigenvalue weighted by atomic mass is 32.2. The average molecular weight is 670 g/mol. The van der Waals surface area contributed by atoms with Gasteiger partial charge in [0, 0.05) is 72.9 Å². The molecule has 5 rings (SSSR count). The van der Waals surface area contributed by atoms with E-state index < -0.39 is 10.0 Å². The highest BCUT2D eigenvalue weighted by Gasteiger charge is 2.33. The van der Waals surface area contributed by atoms with Crippen LogP contribution in [0, 0.1) is 0 Å². The molecule has 0 saturated heterocycles. The highest BCUT2D eigenvalue weighted by Crippen LogP contribution is 2.50. The number of unbranched alkanes of at least 4 members (excludes halogenated alkanes) is 1. The van der Waals surface area contributed by atoms with Gasteiger partial charge in [-0.3, -0.25) is 0 Å². The first-order valence-corrected chi connectivity index (χ1v) is 18.4. The fraction of sp³-hybridized carbons (Fsp3) is 0.359. The van der Waals surface area contributed by atoms with Crippen LogP contribution in [0.15, 0.2) is 89.8 Å². The molecular formula is C39H47N3O5S. The number of hydrogen-bond acceptors (Lipinski definition) is 7. The number of anilines is 3. The summed E-state index contributed by atoms with van der Waals surface area (Å²) in [5.74, 6) is 0.806. The van der Waals surface area contributed by atoms with Crippen molar-refractivity contribution < 1.29 is 22.7 Å². The van der Waals surface area contributed by atoms with Crippen LogP contribution in [0.4, 0.5) is 17.1 Å². The molecule has 1 aliphatic rings. The summed E-state index contributed by atoms with van der Waals surface area (Å²) >= 11 is 0. The van der Waals surface area contributed by atoms with Gasteiger partial charge in [-0.25, -0.2) is 13.2 Å². The van der Waals surface area contributed by atoms with Crippen molar-refractivity contribution in [1.82, 2.24) is 4.31 Å². The second kappa shape index (κ2) is 15.3. The van der Waals surface area contributed by atoms with Crippen molar-refractivity contribution >= 4 is 33.1 Å². The Hall–Kier alpha value is -4.34. The Morgan fingerprint density at radius 3 is 2.04 bits per heavy atom. The van der Waals surface area contributed by atoms with Crippen molar-refractivity contribution in [3.8, 4) is 11.5 Å². The molecule has 4 aromatic carbocycles. The number of carbonyl (C=O) groups is 1. The molecule has 0 radical (unpaired) electrons. The Morgan fingerprint density at radius 2 is 1.40 bits per heavy atom. The predicted molar refractivity (Wildman–Crippen MR) is 194 cm³/mol. The molecule has 0 aliphatic carbocycles. The van der Waals surface area contributed by atoms with E-state index in [1.54, 1.807) is 12.1 Å². The van der Waals surface area contributed by atoms with Gasteiger partial charge in [0.1, 0.15) is 11.5 Å². The first-order valence-electron chi connectivity index (χ1n) is 17.0. The largest absolute Gasteiger partial charge is 0.465 e. The standard InChI is InChI=1S/C39H47N3O5S/c1-7-12-25-42(28-17-21-31(22-18-28)48(44,45)41(10-4)11-5)30-20-24-36-35(26-30)38(32-15-13-14-16-33(32)39(43)46-6)34-23-19-29(27-37(34)47-36)40(8-2)9-3/h13-24,26-27,38H,7-12,25H2,1-6H3. The lowest BCUT2D eigenvalue weighted by atomic mass is 9.80. The second-order valence-corrected chi connectivity index (χ2v) is 13.8. The Bertz CT molecular complexity index is 1830. The molecule has 0 N–H and O–H groups in total. The van der Waals surface area contributed by atoms with E-state index in [0.717, 1.165) is 77.7 Å². The molecule has 9 heteroatoms. The first-order chi connectivity index (χ1) is 23.2. The number of sulfonamides is 1. The van der Waals surface area contributed by atoms with E-state index in [4.69, 9.17) is 9.47 Å². The molecule has 1 unspecified atom stereocenters. The molecule has 1 atom stereocenters. The number of benzene rings is 4. The maximum absolute atomic E-state index is 13.2. The van der Waals surface area contributed by atoms with Crippen LogP contribution in [-0.4, -0.2) is 58.5 Å². The van der Waals surface area contributed by atoms with Crippen molar-refractivity contribution in [1.29, 1.82) is 0 Å².